The first-order valence-electron chi connectivity index (χ1n) is 8.06. The quantitative estimate of drug-likeness (QED) is 0.602. The summed E-state index contributed by atoms with van der Waals surface area (Å²) in [7, 11) is 0. The molecule has 0 saturated heterocycles. The highest BCUT2D eigenvalue weighted by atomic mass is 16.5. The van der Waals surface area contributed by atoms with Gasteiger partial charge in [0.05, 0.1) is 6.54 Å². The number of hydrogen-bond acceptors (Lipinski definition) is 3. The van der Waals surface area contributed by atoms with Crippen molar-refractivity contribution >= 4 is 23.6 Å². The Morgan fingerprint density at radius 1 is 1.08 bits per heavy atom. The lowest BCUT2D eigenvalue weighted by Gasteiger charge is -2.08. The van der Waals surface area contributed by atoms with E-state index in [1.807, 2.05) is 43.3 Å². The molecule has 0 unspecified atom stereocenters. The highest BCUT2D eigenvalue weighted by Gasteiger charge is 1.99. The van der Waals surface area contributed by atoms with Crippen LogP contribution in [0.5, 0.6) is 5.75 Å². The van der Waals surface area contributed by atoms with Crippen molar-refractivity contribution in [1.82, 2.24) is 5.32 Å². The zero-order chi connectivity index (χ0) is 18.1. The van der Waals surface area contributed by atoms with Gasteiger partial charge in [-0.3, -0.25) is 9.59 Å². The lowest BCUT2D eigenvalue weighted by molar-refractivity contribution is -0.116. The Kier molecular flexibility index (Phi) is 6.77. The van der Waals surface area contributed by atoms with Crippen LogP contribution in [0.2, 0.25) is 0 Å². The molecular weight excluding hydrogens is 316 g/mol. The number of carbonyl (C=O) groups is 2. The maximum Gasteiger partial charge on any atom is 0.244 e. The largest absolute Gasteiger partial charge is 0.491 e. The van der Waals surface area contributed by atoms with E-state index < -0.39 is 0 Å². The molecule has 0 spiro atoms. The van der Waals surface area contributed by atoms with E-state index in [2.05, 4.69) is 10.6 Å². The first-order chi connectivity index (χ1) is 12.0. The molecule has 0 aliphatic rings. The number of benzene rings is 2. The molecule has 0 saturated carbocycles. The Labute approximate surface area is 147 Å². The van der Waals surface area contributed by atoms with Crippen LogP contribution in [-0.2, 0) is 9.59 Å². The molecule has 2 N–H and O–H groups in total. The second kappa shape index (κ2) is 9.27. The van der Waals surface area contributed by atoms with Crippen molar-refractivity contribution in [2.75, 3.05) is 18.5 Å². The Bertz CT molecular complexity index is 752. The molecule has 0 aliphatic carbocycles. The molecule has 2 amide bonds. The van der Waals surface area contributed by atoms with E-state index in [0.29, 0.717) is 13.2 Å². The number of para-hydroxylation sites is 1. The average molecular weight is 338 g/mol. The zero-order valence-electron chi connectivity index (χ0n) is 14.4. The number of amides is 2. The third-order valence-corrected chi connectivity index (χ3v) is 3.41. The van der Waals surface area contributed by atoms with E-state index in [0.717, 1.165) is 22.6 Å². The Hall–Kier alpha value is -3.08. The van der Waals surface area contributed by atoms with Gasteiger partial charge in [-0.2, -0.15) is 0 Å². The van der Waals surface area contributed by atoms with E-state index in [4.69, 9.17) is 4.74 Å². The lowest BCUT2D eigenvalue weighted by atomic mass is 10.2. The summed E-state index contributed by atoms with van der Waals surface area (Å²) in [4.78, 5) is 22.8. The summed E-state index contributed by atoms with van der Waals surface area (Å²) in [5.74, 6) is 0.529. The van der Waals surface area contributed by atoms with Crippen molar-refractivity contribution in [1.29, 1.82) is 0 Å². The van der Waals surface area contributed by atoms with E-state index >= 15 is 0 Å². The number of aryl methyl sites for hydroxylation is 1. The fraction of sp³-hybridized carbons (Fsp3) is 0.200. The average Bonchev–Trinajstić information content (AvgIpc) is 2.59. The molecule has 0 aliphatic heterocycles. The summed E-state index contributed by atoms with van der Waals surface area (Å²) in [6.07, 6.45) is 3.19. The van der Waals surface area contributed by atoms with E-state index in [-0.39, 0.29) is 11.8 Å². The van der Waals surface area contributed by atoms with Crippen molar-refractivity contribution < 1.29 is 14.3 Å². The predicted octanol–water partition coefficient (Wildman–Crippen LogP) is 3.16. The van der Waals surface area contributed by atoms with E-state index in [1.54, 1.807) is 18.2 Å². The number of hydrogen-bond donors (Lipinski definition) is 2. The van der Waals surface area contributed by atoms with Gasteiger partial charge in [-0.15, -0.1) is 0 Å². The van der Waals surface area contributed by atoms with Crippen LogP contribution in [-0.4, -0.2) is 25.0 Å². The van der Waals surface area contributed by atoms with Crippen molar-refractivity contribution in [3.63, 3.8) is 0 Å². The molecule has 0 bridgehead atoms. The minimum Gasteiger partial charge on any atom is -0.491 e. The summed E-state index contributed by atoms with van der Waals surface area (Å²) in [5.41, 5.74) is 2.67. The van der Waals surface area contributed by atoms with Gasteiger partial charge in [0.25, 0.3) is 0 Å². The molecule has 0 fully saturated rings. The van der Waals surface area contributed by atoms with Gasteiger partial charge in [0.1, 0.15) is 12.4 Å². The van der Waals surface area contributed by atoms with Crippen LogP contribution >= 0.6 is 0 Å². The van der Waals surface area contributed by atoms with Crippen LogP contribution < -0.4 is 15.4 Å². The second-order valence-electron chi connectivity index (χ2n) is 5.54. The molecule has 0 aromatic heterocycles. The Morgan fingerprint density at radius 3 is 2.48 bits per heavy atom. The van der Waals surface area contributed by atoms with Gasteiger partial charge in [-0.1, -0.05) is 30.3 Å². The molecule has 0 heterocycles. The maximum atomic E-state index is 11.8. The van der Waals surface area contributed by atoms with Crippen molar-refractivity contribution in [3.8, 4) is 5.75 Å². The van der Waals surface area contributed by atoms with Crippen LogP contribution in [0.25, 0.3) is 6.08 Å². The fourth-order valence-electron chi connectivity index (χ4n) is 2.17. The zero-order valence-corrected chi connectivity index (χ0v) is 14.4. The summed E-state index contributed by atoms with van der Waals surface area (Å²) in [5, 5.41) is 5.46. The van der Waals surface area contributed by atoms with E-state index in [1.165, 1.54) is 13.0 Å². The van der Waals surface area contributed by atoms with Gasteiger partial charge >= 0.3 is 0 Å². The Balaban J connectivity index is 1.73. The molecule has 2 aromatic carbocycles. The number of rotatable bonds is 7. The van der Waals surface area contributed by atoms with Gasteiger partial charge < -0.3 is 15.4 Å². The highest BCUT2D eigenvalue weighted by molar-refractivity contribution is 5.92. The SMILES string of the molecule is CC(=O)Nc1ccc(C=CC(=O)NCCOc2ccccc2C)cc1. The first kappa shape index (κ1) is 18.3. The maximum absolute atomic E-state index is 11.8. The third kappa shape index (κ3) is 6.51. The molecule has 5 nitrogen and oxygen atoms in total. The minimum absolute atomic E-state index is 0.115. The molecule has 2 rings (SSSR count). The van der Waals surface area contributed by atoms with Gasteiger partial charge in [-0.05, 0) is 42.3 Å². The summed E-state index contributed by atoms with van der Waals surface area (Å²) in [6, 6.07) is 15.0. The second-order valence-corrected chi connectivity index (χ2v) is 5.54. The van der Waals surface area contributed by atoms with Gasteiger partial charge in [0, 0.05) is 18.7 Å². The van der Waals surface area contributed by atoms with Crippen LogP contribution in [0.4, 0.5) is 5.69 Å². The number of ether oxygens (including phenoxy) is 1. The molecule has 0 radical (unpaired) electrons. The first-order valence-corrected chi connectivity index (χ1v) is 8.06. The Morgan fingerprint density at radius 2 is 1.80 bits per heavy atom. The predicted molar refractivity (Wildman–Crippen MR) is 99.5 cm³/mol. The molecular formula is C20H22N2O3. The van der Waals surface area contributed by atoms with Gasteiger partial charge in [0.2, 0.25) is 11.8 Å². The molecule has 5 heteroatoms. The van der Waals surface area contributed by atoms with Crippen molar-refractivity contribution in [2.24, 2.45) is 0 Å². The van der Waals surface area contributed by atoms with Crippen LogP contribution in [0.1, 0.15) is 18.1 Å². The standard InChI is InChI=1S/C20H22N2O3/c1-15-5-3-4-6-19(15)25-14-13-21-20(24)12-9-17-7-10-18(11-8-17)22-16(2)23/h3-12H,13-14H2,1-2H3,(H,21,24)(H,22,23). The lowest BCUT2D eigenvalue weighted by Crippen LogP contribution is -2.26. The topological polar surface area (TPSA) is 67.4 Å². The van der Waals surface area contributed by atoms with Gasteiger partial charge in [0.15, 0.2) is 0 Å². The van der Waals surface area contributed by atoms with Crippen LogP contribution in [0.3, 0.4) is 0 Å². The monoisotopic (exact) mass is 338 g/mol. The molecule has 2 aromatic rings. The smallest absolute Gasteiger partial charge is 0.244 e. The van der Waals surface area contributed by atoms with Crippen LogP contribution in [0, 0.1) is 6.92 Å². The van der Waals surface area contributed by atoms with Crippen LogP contribution in [0.15, 0.2) is 54.6 Å². The van der Waals surface area contributed by atoms with E-state index in [9.17, 15) is 9.59 Å². The normalized spacial score (nSPS) is 10.5. The fourth-order valence-corrected chi connectivity index (χ4v) is 2.17. The van der Waals surface area contributed by atoms with Crippen molar-refractivity contribution in [3.05, 3.63) is 65.7 Å². The minimum atomic E-state index is -0.181. The summed E-state index contributed by atoms with van der Waals surface area (Å²) < 4.78 is 5.62. The third-order valence-electron chi connectivity index (χ3n) is 3.41. The van der Waals surface area contributed by atoms with Gasteiger partial charge in [-0.25, -0.2) is 0 Å². The number of nitrogens with one attached hydrogen (secondary N) is 2. The number of carbonyl (C=O) groups excluding carboxylic acids is 2. The summed E-state index contributed by atoms with van der Waals surface area (Å²) in [6.45, 7) is 4.28. The molecule has 25 heavy (non-hydrogen) atoms. The number of anilines is 1. The highest BCUT2D eigenvalue weighted by Crippen LogP contribution is 2.15. The molecule has 130 valence electrons. The summed E-state index contributed by atoms with van der Waals surface area (Å²) >= 11 is 0. The van der Waals surface area contributed by atoms with Crippen molar-refractivity contribution in [2.45, 2.75) is 13.8 Å². The molecule has 0 atom stereocenters.